The van der Waals surface area contributed by atoms with Crippen LogP contribution in [0.3, 0.4) is 0 Å². The highest BCUT2D eigenvalue weighted by molar-refractivity contribution is 7.08. The Hall–Kier alpha value is -2.14. The molecule has 1 N–H and O–H groups in total. The number of likely N-dealkylation sites (tertiary alicyclic amines) is 1. The molecule has 3 rings (SSSR count). The van der Waals surface area contributed by atoms with Crippen molar-refractivity contribution in [3.05, 3.63) is 41.1 Å². The molecule has 24 heavy (non-hydrogen) atoms. The van der Waals surface area contributed by atoms with E-state index in [0.29, 0.717) is 13.0 Å². The molecule has 1 aromatic carbocycles. The first-order chi connectivity index (χ1) is 11.7. The summed E-state index contributed by atoms with van der Waals surface area (Å²) >= 11 is 1.65. The molecule has 5 heteroatoms. The molecule has 1 aliphatic rings. The van der Waals surface area contributed by atoms with E-state index in [1.165, 1.54) is 0 Å². The zero-order valence-corrected chi connectivity index (χ0v) is 14.5. The Balaban J connectivity index is 1.62. The van der Waals surface area contributed by atoms with Gasteiger partial charge in [0.1, 0.15) is 0 Å². The molecule has 126 valence electrons. The van der Waals surface area contributed by atoms with Crippen molar-refractivity contribution in [2.24, 2.45) is 0 Å². The lowest BCUT2D eigenvalue weighted by atomic mass is 10.1. The minimum atomic E-state index is -0.133. The summed E-state index contributed by atoms with van der Waals surface area (Å²) in [5.41, 5.74) is 3.00. The van der Waals surface area contributed by atoms with Gasteiger partial charge in [-0.1, -0.05) is 25.0 Å². The lowest BCUT2D eigenvalue weighted by molar-refractivity contribution is -0.135. The summed E-state index contributed by atoms with van der Waals surface area (Å²) in [6.07, 6.45) is 4.71. The first-order valence-corrected chi connectivity index (χ1v) is 9.37. The number of nitrogens with zero attached hydrogens (tertiary/aromatic N) is 1. The van der Waals surface area contributed by atoms with Gasteiger partial charge < -0.3 is 10.2 Å². The van der Waals surface area contributed by atoms with Crippen LogP contribution in [-0.2, 0) is 9.59 Å². The normalized spacial score (nSPS) is 15.7. The summed E-state index contributed by atoms with van der Waals surface area (Å²) in [6, 6.07) is 9.87. The molecule has 2 aromatic rings. The molecule has 0 aliphatic carbocycles. The van der Waals surface area contributed by atoms with Crippen LogP contribution >= 0.6 is 11.3 Å². The van der Waals surface area contributed by atoms with Crippen LogP contribution < -0.4 is 5.32 Å². The third kappa shape index (κ3) is 4.45. The molecule has 0 radical (unpaired) electrons. The van der Waals surface area contributed by atoms with Gasteiger partial charge in [0.2, 0.25) is 11.8 Å². The second-order valence-corrected chi connectivity index (χ2v) is 6.90. The highest BCUT2D eigenvalue weighted by atomic mass is 32.1. The average Bonchev–Trinajstić information content (AvgIpc) is 3.09. The fourth-order valence-electron chi connectivity index (χ4n) is 2.96. The van der Waals surface area contributed by atoms with Crippen LogP contribution in [0.2, 0.25) is 0 Å². The van der Waals surface area contributed by atoms with Gasteiger partial charge in [0.15, 0.2) is 0 Å². The molecule has 2 amide bonds. The van der Waals surface area contributed by atoms with Crippen LogP contribution in [0, 0.1) is 0 Å². The monoisotopic (exact) mass is 342 g/mol. The van der Waals surface area contributed by atoms with Gasteiger partial charge in [-0.25, -0.2) is 0 Å². The van der Waals surface area contributed by atoms with E-state index in [2.05, 4.69) is 16.8 Å². The van der Waals surface area contributed by atoms with Gasteiger partial charge in [-0.05, 0) is 52.9 Å². The van der Waals surface area contributed by atoms with E-state index in [1.807, 2.05) is 29.6 Å². The molecule has 4 nitrogen and oxygen atoms in total. The number of hydrogen-bond donors (Lipinski definition) is 1. The molecule has 0 unspecified atom stereocenters. The summed E-state index contributed by atoms with van der Waals surface area (Å²) in [6.45, 7) is 0.822. The van der Waals surface area contributed by atoms with Gasteiger partial charge in [0.25, 0.3) is 0 Å². The zero-order valence-electron chi connectivity index (χ0n) is 13.7. The van der Waals surface area contributed by atoms with E-state index >= 15 is 0 Å². The Morgan fingerprint density at radius 3 is 2.83 bits per heavy atom. The maximum absolute atomic E-state index is 12.3. The van der Waals surface area contributed by atoms with Crippen LogP contribution in [0.25, 0.3) is 11.1 Å². The quantitative estimate of drug-likeness (QED) is 0.907. The van der Waals surface area contributed by atoms with Crippen LogP contribution in [0.4, 0.5) is 5.69 Å². The van der Waals surface area contributed by atoms with E-state index < -0.39 is 0 Å². The predicted molar refractivity (Wildman–Crippen MR) is 98.0 cm³/mol. The second-order valence-electron chi connectivity index (χ2n) is 6.12. The molecule has 0 atom stereocenters. The number of hydrogen-bond acceptors (Lipinski definition) is 3. The van der Waals surface area contributed by atoms with Crippen molar-refractivity contribution >= 4 is 28.8 Å². The molecular weight excluding hydrogens is 320 g/mol. The molecule has 0 bridgehead atoms. The number of thiophene rings is 1. The smallest absolute Gasteiger partial charge is 0.243 e. The largest absolute Gasteiger partial charge is 0.333 e. The first-order valence-electron chi connectivity index (χ1n) is 8.42. The van der Waals surface area contributed by atoms with Crippen molar-refractivity contribution in [2.75, 3.05) is 18.4 Å². The maximum atomic E-state index is 12.3. The van der Waals surface area contributed by atoms with E-state index in [1.54, 1.807) is 16.2 Å². The zero-order chi connectivity index (χ0) is 16.8. The molecule has 0 spiro atoms. The van der Waals surface area contributed by atoms with E-state index in [9.17, 15) is 9.59 Å². The summed E-state index contributed by atoms with van der Waals surface area (Å²) in [4.78, 5) is 26.1. The standard InChI is InChI=1S/C19H22N2O2S/c22-18(13-21-10-4-2-1-3-8-19(21)23)20-17-7-5-6-15(12-17)16-9-11-24-14-16/h5-7,9,11-12,14H,1-4,8,10,13H2,(H,20,22). The number of carbonyl (C=O) groups excluding carboxylic acids is 2. The second kappa shape index (κ2) is 8.11. The van der Waals surface area contributed by atoms with E-state index in [0.717, 1.165) is 42.5 Å². The van der Waals surface area contributed by atoms with Gasteiger partial charge in [-0.15, -0.1) is 0 Å². The number of benzene rings is 1. The average molecular weight is 342 g/mol. The molecule has 1 fully saturated rings. The van der Waals surface area contributed by atoms with Crippen molar-refractivity contribution in [3.8, 4) is 11.1 Å². The molecule has 1 aliphatic heterocycles. The van der Waals surface area contributed by atoms with Gasteiger partial charge in [-0.2, -0.15) is 11.3 Å². The Kier molecular flexibility index (Phi) is 5.64. The summed E-state index contributed by atoms with van der Waals surface area (Å²) < 4.78 is 0. The fourth-order valence-corrected chi connectivity index (χ4v) is 3.63. The minimum absolute atomic E-state index is 0.0943. The Morgan fingerprint density at radius 1 is 1.12 bits per heavy atom. The van der Waals surface area contributed by atoms with Crippen LogP contribution in [0.1, 0.15) is 32.1 Å². The minimum Gasteiger partial charge on any atom is -0.333 e. The molecule has 0 saturated carbocycles. The third-order valence-electron chi connectivity index (χ3n) is 4.26. The molecule has 1 aromatic heterocycles. The molecule has 1 saturated heterocycles. The highest BCUT2D eigenvalue weighted by Crippen LogP contribution is 2.24. The Bertz CT molecular complexity index is 697. The predicted octanol–water partition coefficient (Wildman–Crippen LogP) is 4.15. The van der Waals surface area contributed by atoms with Crippen LogP contribution in [0.15, 0.2) is 41.1 Å². The van der Waals surface area contributed by atoms with Gasteiger partial charge in [0, 0.05) is 18.7 Å². The van der Waals surface area contributed by atoms with Crippen molar-refractivity contribution in [2.45, 2.75) is 32.1 Å². The summed E-state index contributed by atoms with van der Waals surface area (Å²) in [5.74, 6) is -0.0386. The summed E-state index contributed by atoms with van der Waals surface area (Å²) in [7, 11) is 0. The van der Waals surface area contributed by atoms with Crippen molar-refractivity contribution < 1.29 is 9.59 Å². The van der Waals surface area contributed by atoms with Gasteiger partial charge >= 0.3 is 0 Å². The van der Waals surface area contributed by atoms with Crippen LogP contribution in [-0.4, -0.2) is 29.8 Å². The van der Waals surface area contributed by atoms with Crippen molar-refractivity contribution in [3.63, 3.8) is 0 Å². The number of anilines is 1. The number of amides is 2. The van der Waals surface area contributed by atoms with E-state index in [4.69, 9.17) is 0 Å². The SMILES string of the molecule is O=C(CN1CCCCCCC1=O)Nc1cccc(-c2ccsc2)c1. The molecule has 2 heterocycles. The number of carbonyl (C=O) groups is 2. The van der Waals surface area contributed by atoms with Crippen molar-refractivity contribution in [1.82, 2.24) is 4.90 Å². The lowest BCUT2D eigenvalue weighted by Gasteiger charge is -2.24. The maximum Gasteiger partial charge on any atom is 0.243 e. The lowest BCUT2D eigenvalue weighted by Crippen LogP contribution is -2.39. The third-order valence-corrected chi connectivity index (χ3v) is 4.94. The topological polar surface area (TPSA) is 49.4 Å². The first kappa shape index (κ1) is 16.7. The van der Waals surface area contributed by atoms with Crippen LogP contribution in [0.5, 0.6) is 0 Å². The number of nitrogens with one attached hydrogen (secondary N) is 1. The fraction of sp³-hybridized carbons (Fsp3) is 0.368. The Morgan fingerprint density at radius 2 is 2.00 bits per heavy atom. The number of rotatable bonds is 4. The Labute approximate surface area is 146 Å². The summed E-state index contributed by atoms with van der Waals surface area (Å²) in [5, 5.41) is 7.04. The van der Waals surface area contributed by atoms with Crippen molar-refractivity contribution in [1.29, 1.82) is 0 Å². The highest BCUT2D eigenvalue weighted by Gasteiger charge is 2.18. The molecular formula is C19H22N2O2S. The van der Waals surface area contributed by atoms with Gasteiger partial charge in [0.05, 0.1) is 6.54 Å². The van der Waals surface area contributed by atoms with Gasteiger partial charge in [-0.3, -0.25) is 9.59 Å². The van der Waals surface area contributed by atoms with E-state index in [-0.39, 0.29) is 18.4 Å².